The highest BCUT2D eigenvalue weighted by molar-refractivity contribution is 6.37. The number of benzene rings is 2. The van der Waals surface area contributed by atoms with E-state index < -0.39 is 11.8 Å². The molecule has 4 nitrogen and oxygen atoms in total. The third kappa shape index (κ3) is 4.13. The quantitative estimate of drug-likeness (QED) is 0.515. The van der Waals surface area contributed by atoms with E-state index in [1.165, 1.54) is 0 Å². The topological polar surface area (TPSA) is 58.2 Å². The smallest absolute Gasteiger partial charge is 0.228 e. The molecular formula is C21H16Cl4N2O2. The number of anilines is 2. The van der Waals surface area contributed by atoms with Crippen LogP contribution in [-0.4, -0.2) is 11.8 Å². The van der Waals surface area contributed by atoms with Gasteiger partial charge in [-0.2, -0.15) is 0 Å². The van der Waals surface area contributed by atoms with Crippen molar-refractivity contribution < 1.29 is 9.59 Å². The van der Waals surface area contributed by atoms with Gasteiger partial charge < -0.3 is 10.6 Å². The first kappa shape index (κ1) is 20.5. The van der Waals surface area contributed by atoms with E-state index in [0.717, 1.165) is 6.42 Å². The highest BCUT2D eigenvalue weighted by Gasteiger charge is 2.51. The fourth-order valence-corrected chi connectivity index (χ4v) is 5.06. The molecule has 2 N–H and O–H groups in total. The van der Waals surface area contributed by atoms with Crippen LogP contribution in [0.25, 0.3) is 0 Å². The summed E-state index contributed by atoms with van der Waals surface area (Å²) in [6, 6.07) is 9.72. The van der Waals surface area contributed by atoms with Gasteiger partial charge in [0.25, 0.3) is 0 Å². The summed E-state index contributed by atoms with van der Waals surface area (Å²) in [6.45, 7) is 0. The Morgan fingerprint density at radius 2 is 1.14 bits per heavy atom. The molecule has 29 heavy (non-hydrogen) atoms. The maximum atomic E-state index is 13.1. The van der Waals surface area contributed by atoms with Crippen LogP contribution in [0.4, 0.5) is 11.4 Å². The van der Waals surface area contributed by atoms with Crippen LogP contribution < -0.4 is 10.6 Å². The Labute approximate surface area is 188 Å². The molecule has 1 saturated carbocycles. The summed E-state index contributed by atoms with van der Waals surface area (Å²) in [5.41, 5.74) is 0.931. The van der Waals surface area contributed by atoms with E-state index in [9.17, 15) is 9.59 Å². The highest BCUT2D eigenvalue weighted by Crippen LogP contribution is 2.49. The zero-order chi connectivity index (χ0) is 20.7. The second-order valence-corrected chi connectivity index (χ2v) is 8.91. The number of halogens is 4. The third-order valence-corrected chi connectivity index (χ3v) is 6.54. The second-order valence-electron chi connectivity index (χ2n) is 7.23. The van der Waals surface area contributed by atoms with Gasteiger partial charge in [-0.1, -0.05) is 58.6 Å². The molecule has 2 aliphatic rings. The van der Waals surface area contributed by atoms with Crippen molar-refractivity contribution in [1.29, 1.82) is 0 Å². The molecule has 0 aromatic heterocycles. The predicted molar refractivity (Wildman–Crippen MR) is 118 cm³/mol. The van der Waals surface area contributed by atoms with Crippen molar-refractivity contribution in [3.63, 3.8) is 0 Å². The van der Waals surface area contributed by atoms with Crippen molar-refractivity contribution in [2.45, 2.75) is 6.42 Å². The number of hydrogen-bond donors (Lipinski definition) is 2. The first-order valence-corrected chi connectivity index (χ1v) is 10.5. The van der Waals surface area contributed by atoms with Gasteiger partial charge >= 0.3 is 0 Å². The van der Waals surface area contributed by atoms with Crippen LogP contribution in [0.5, 0.6) is 0 Å². The van der Waals surface area contributed by atoms with Gasteiger partial charge in [0.2, 0.25) is 11.8 Å². The maximum Gasteiger partial charge on any atom is 0.228 e. The van der Waals surface area contributed by atoms with E-state index in [1.807, 2.05) is 12.2 Å². The van der Waals surface area contributed by atoms with Gasteiger partial charge in [-0.25, -0.2) is 0 Å². The zero-order valence-corrected chi connectivity index (χ0v) is 18.0. The Morgan fingerprint density at radius 3 is 1.52 bits per heavy atom. The van der Waals surface area contributed by atoms with E-state index in [1.54, 1.807) is 36.4 Å². The molecule has 4 rings (SSSR count). The minimum Gasteiger partial charge on any atom is -0.324 e. The number of carbonyl (C=O) groups is 2. The summed E-state index contributed by atoms with van der Waals surface area (Å²) in [6.07, 6.45) is 4.79. The molecule has 150 valence electrons. The molecule has 8 heteroatoms. The van der Waals surface area contributed by atoms with E-state index >= 15 is 0 Å². The molecular weight excluding hydrogens is 454 g/mol. The Hall–Kier alpha value is -1.72. The SMILES string of the molecule is O=C(Nc1ccc(Cl)cc1Cl)[C@H]1[C@H](C(=O)Nc2ccc(Cl)cc2Cl)[C@H]2C=C[C@H]1C2. The van der Waals surface area contributed by atoms with Crippen LogP contribution in [0.1, 0.15) is 6.42 Å². The lowest BCUT2D eigenvalue weighted by Gasteiger charge is -2.26. The maximum absolute atomic E-state index is 13.1. The summed E-state index contributed by atoms with van der Waals surface area (Å²) in [7, 11) is 0. The average Bonchev–Trinajstić information content (AvgIpc) is 3.27. The minimum absolute atomic E-state index is 0.00233. The summed E-state index contributed by atoms with van der Waals surface area (Å²) in [4.78, 5) is 26.1. The van der Waals surface area contributed by atoms with E-state index in [2.05, 4.69) is 10.6 Å². The lowest BCUT2D eigenvalue weighted by Crippen LogP contribution is -2.39. The van der Waals surface area contributed by atoms with Crippen LogP contribution in [0.15, 0.2) is 48.6 Å². The first-order chi connectivity index (χ1) is 13.8. The Balaban J connectivity index is 1.55. The normalized spacial score (nSPS) is 24.6. The van der Waals surface area contributed by atoms with Crippen LogP contribution >= 0.6 is 46.4 Å². The third-order valence-electron chi connectivity index (χ3n) is 5.44. The van der Waals surface area contributed by atoms with Crippen LogP contribution in [-0.2, 0) is 9.59 Å². The molecule has 0 radical (unpaired) electrons. The van der Waals surface area contributed by atoms with Gasteiger partial charge in [0, 0.05) is 10.0 Å². The van der Waals surface area contributed by atoms with Crippen molar-refractivity contribution in [2.24, 2.45) is 23.7 Å². The Bertz CT molecular complexity index is 944. The van der Waals surface area contributed by atoms with E-state index in [0.29, 0.717) is 31.5 Å². The van der Waals surface area contributed by atoms with Crippen LogP contribution in [0.2, 0.25) is 20.1 Å². The van der Waals surface area contributed by atoms with Gasteiger partial charge in [0.15, 0.2) is 0 Å². The molecule has 0 spiro atoms. The predicted octanol–water partition coefficient (Wildman–Crippen LogP) is 6.32. The van der Waals surface area contributed by atoms with Crippen LogP contribution in [0.3, 0.4) is 0 Å². The molecule has 0 saturated heterocycles. The number of hydrogen-bond acceptors (Lipinski definition) is 2. The van der Waals surface area contributed by atoms with Crippen molar-refractivity contribution in [3.8, 4) is 0 Å². The van der Waals surface area contributed by atoms with Crippen LogP contribution in [0, 0.1) is 23.7 Å². The van der Waals surface area contributed by atoms with Gasteiger partial charge in [-0.15, -0.1) is 0 Å². The fraction of sp³-hybridized carbons (Fsp3) is 0.238. The molecule has 1 fully saturated rings. The number of rotatable bonds is 4. The average molecular weight is 470 g/mol. The lowest BCUT2D eigenvalue weighted by atomic mass is 9.81. The molecule has 2 aromatic carbocycles. The van der Waals surface area contributed by atoms with Crippen molar-refractivity contribution in [2.75, 3.05) is 10.6 Å². The summed E-state index contributed by atoms with van der Waals surface area (Å²) in [5.74, 6) is -1.47. The monoisotopic (exact) mass is 468 g/mol. The lowest BCUT2D eigenvalue weighted by molar-refractivity contribution is -0.129. The molecule has 2 amide bonds. The standard InChI is InChI=1S/C21H16Cl4N2O2/c22-12-3-5-16(14(24)8-12)26-20(28)18-10-1-2-11(7-10)19(18)21(29)27-17-6-4-13(23)9-15(17)25/h1-6,8-11,18-19H,7H2,(H,26,28)(H,27,29)/t10-,11-,18+,19+/m0/s1. The summed E-state index contributed by atoms with van der Waals surface area (Å²) < 4.78 is 0. The van der Waals surface area contributed by atoms with Gasteiger partial charge in [0.05, 0.1) is 33.3 Å². The van der Waals surface area contributed by atoms with Crippen molar-refractivity contribution in [3.05, 3.63) is 68.6 Å². The van der Waals surface area contributed by atoms with E-state index in [4.69, 9.17) is 46.4 Å². The number of fused-ring (bicyclic) bond motifs is 2. The number of allylic oxidation sites excluding steroid dienone is 2. The first-order valence-electron chi connectivity index (χ1n) is 9.03. The minimum atomic E-state index is -0.497. The molecule has 2 aromatic rings. The largest absolute Gasteiger partial charge is 0.324 e. The number of carbonyl (C=O) groups excluding carboxylic acids is 2. The van der Waals surface area contributed by atoms with Gasteiger partial charge in [-0.05, 0) is 54.7 Å². The summed E-state index contributed by atoms with van der Waals surface area (Å²) >= 11 is 24.2. The van der Waals surface area contributed by atoms with Gasteiger partial charge in [-0.3, -0.25) is 9.59 Å². The molecule has 0 unspecified atom stereocenters. The Kier molecular flexibility index (Phi) is 5.80. The van der Waals surface area contributed by atoms with E-state index in [-0.39, 0.29) is 23.7 Å². The number of amides is 2. The Morgan fingerprint density at radius 1 is 0.724 bits per heavy atom. The van der Waals surface area contributed by atoms with Crippen molar-refractivity contribution >= 4 is 69.6 Å². The van der Waals surface area contributed by atoms with Crippen molar-refractivity contribution in [1.82, 2.24) is 0 Å². The number of nitrogens with one attached hydrogen (secondary N) is 2. The molecule has 2 bridgehead atoms. The highest BCUT2D eigenvalue weighted by atomic mass is 35.5. The summed E-state index contributed by atoms with van der Waals surface area (Å²) in [5, 5.41) is 7.34. The zero-order valence-electron chi connectivity index (χ0n) is 15.0. The molecule has 0 aliphatic heterocycles. The molecule has 4 atom stereocenters. The second kappa shape index (κ2) is 8.19. The van der Waals surface area contributed by atoms with Gasteiger partial charge in [0.1, 0.15) is 0 Å². The molecule has 0 heterocycles. The molecule has 2 aliphatic carbocycles. The fourth-order valence-electron chi connectivity index (χ4n) is 4.15.